The quantitative estimate of drug-likeness (QED) is 0.723. The standard InChI is InChI=1S/C15H17N5S/c1-4-12-19-13(16-3)9(2)14(20-12)21-15-17-10-7-5-6-8-11(10)18-15/h5-8H,4H2,1-3H3,(H,17,18)(H,16,19,20). The zero-order chi connectivity index (χ0) is 14.8. The van der Waals surface area contributed by atoms with E-state index in [1.54, 1.807) is 11.8 Å². The van der Waals surface area contributed by atoms with E-state index in [0.717, 1.165) is 44.8 Å². The predicted molar refractivity (Wildman–Crippen MR) is 85.9 cm³/mol. The van der Waals surface area contributed by atoms with E-state index in [2.05, 4.69) is 32.2 Å². The lowest BCUT2D eigenvalue weighted by Crippen LogP contribution is -2.04. The van der Waals surface area contributed by atoms with Gasteiger partial charge in [0.25, 0.3) is 0 Å². The van der Waals surface area contributed by atoms with Crippen LogP contribution >= 0.6 is 11.8 Å². The third-order valence-electron chi connectivity index (χ3n) is 3.26. The maximum Gasteiger partial charge on any atom is 0.172 e. The Hall–Kier alpha value is -2.08. The Morgan fingerprint density at radius 1 is 1.19 bits per heavy atom. The van der Waals surface area contributed by atoms with Crippen LogP contribution in [0.25, 0.3) is 11.0 Å². The van der Waals surface area contributed by atoms with Crippen molar-refractivity contribution < 1.29 is 0 Å². The molecular formula is C15H17N5S. The third kappa shape index (κ3) is 2.71. The van der Waals surface area contributed by atoms with Crippen molar-refractivity contribution in [3.8, 4) is 0 Å². The minimum atomic E-state index is 0.808. The molecule has 0 saturated carbocycles. The topological polar surface area (TPSA) is 66.5 Å². The number of imidazole rings is 1. The van der Waals surface area contributed by atoms with Gasteiger partial charge in [0, 0.05) is 19.0 Å². The van der Waals surface area contributed by atoms with Gasteiger partial charge in [-0.2, -0.15) is 0 Å². The van der Waals surface area contributed by atoms with E-state index < -0.39 is 0 Å². The van der Waals surface area contributed by atoms with E-state index in [4.69, 9.17) is 0 Å². The number of H-pyrrole nitrogens is 1. The van der Waals surface area contributed by atoms with Gasteiger partial charge in [0.15, 0.2) is 5.16 Å². The maximum atomic E-state index is 4.62. The van der Waals surface area contributed by atoms with E-state index in [1.807, 2.05) is 38.2 Å². The highest BCUT2D eigenvalue weighted by atomic mass is 32.2. The summed E-state index contributed by atoms with van der Waals surface area (Å²) in [4.78, 5) is 17.0. The number of aromatic amines is 1. The first kappa shape index (κ1) is 13.9. The van der Waals surface area contributed by atoms with Crippen LogP contribution in [0.15, 0.2) is 34.4 Å². The Morgan fingerprint density at radius 2 is 2.00 bits per heavy atom. The van der Waals surface area contributed by atoms with Gasteiger partial charge < -0.3 is 10.3 Å². The molecular weight excluding hydrogens is 282 g/mol. The molecule has 0 aliphatic rings. The molecule has 0 aliphatic carbocycles. The molecule has 0 radical (unpaired) electrons. The Balaban J connectivity index is 2.00. The fourth-order valence-electron chi connectivity index (χ4n) is 2.11. The molecule has 0 bridgehead atoms. The van der Waals surface area contributed by atoms with Crippen LogP contribution in [0.2, 0.25) is 0 Å². The Bertz CT molecular complexity index is 748. The molecule has 2 heterocycles. The van der Waals surface area contributed by atoms with Crippen molar-refractivity contribution in [3.63, 3.8) is 0 Å². The summed E-state index contributed by atoms with van der Waals surface area (Å²) in [6.07, 6.45) is 0.808. The molecule has 6 heteroatoms. The molecule has 2 aromatic heterocycles. The van der Waals surface area contributed by atoms with E-state index in [-0.39, 0.29) is 0 Å². The first-order valence-corrected chi connectivity index (χ1v) is 7.70. The van der Waals surface area contributed by atoms with E-state index in [1.165, 1.54) is 0 Å². The zero-order valence-corrected chi connectivity index (χ0v) is 13.1. The van der Waals surface area contributed by atoms with Crippen LogP contribution in [-0.4, -0.2) is 27.0 Å². The number of para-hydroxylation sites is 2. The molecule has 0 atom stereocenters. The molecule has 0 amide bonds. The molecule has 108 valence electrons. The minimum absolute atomic E-state index is 0.808. The summed E-state index contributed by atoms with van der Waals surface area (Å²) in [6.45, 7) is 4.08. The van der Waals surface area contributed by atoms with E-state index in [9.17, 15) is 0 Å². The SMILES string of the molecule is CCc1nc(NC)c(C)c(Sc2nc3ccccc3[nH]2)n1. The second kappa shape index (κ2) is 5.73. The van der Waals surface area contributed by atoms with Gasteiger partial charge in [-0.1, -0.05) is 19.1 Å². The molecule has 0 aliphatic heterocycles. The van der Waals surface area contributed by atoms with Crippen LogP contribution in [0.3, 0.4) is 0 Å². The first-order valence-electron chi connectivity index (χ1n) is 6.89. The lowest BCUT2D eigenvalue weighted by atomic mass is 10.3. The third-order valence-corrected chi connectivity index (χ3v) is 4.24. The second-order valence-electron chi connectivity index (χ2n) is 4.68. The van der Waals surface area contributed by atoms with Crippen LogP contribution in [0.4, 0.5) is 5.82 Å². The number of hydrogen-bond donors (Lipinski definition) is 2. The number of aromatic nitrogens is 4. The van der Waals surface area contributed by atoms with Crippen molar-refractivity contribution >= 4 is 28.6 Å². The van der Waals surface area contributed by atoms with Gasteiger partial charge in [0.05, 0.1) is 11.0 Å². The molecule has 3 rings (SSSR count). The molecule has 21 heavy (non-hydrogen) atoms. The smallest absolute Gasteiger partial charge is 0.172 e. The molecule has 3 aromatic rings. The minimum Gasteiger partial charge on any atom is -0.373 e. The summed E-state index contributed by atoms with van der Waals surface area (Å²) in [5.74, 6) is 1.71. The van der Waals surface area contributed by atoms with Gasteiger partial charge in [0.2, 0.25) is 0 Å². The number of nitrogens with zero attached hydrogens (tertiary/aromatic N) is 3. The Morgan fingerprint density at radius 3 is 2.71 bits per heavy atom. The van der Waals surface area contributed by atoms with Gasteiger partial charge in [-0.3, -0.25) is 0 Å². The Labute approximate surface area is 127 Å². The largest absolute Gasteiger partial charge is 0.373 e. The normalized spacial score (nSPS) is 11.0. The van der Waals surface area contributed by atoms with Crippen LogP contribution in [0.5, 0.6) is 0 Å². The highest BCUT2D eigenvalue weighted by Crippen LogP contribution is 2.30. The summed E-state index contributed by atoms with van der Waals surface area (Å²) in [5, 5.41) is 4.91. The Kier molecular flexibility index (Phi) is 3.79. The molecule has 0 spiro atoms. The first-order chi connectivity index (χ1) is 10.2. The number of hydrogen-bond acceptors (Lipinski definition) is 5. The van der Waals surface area contributed by atoms with Crippen LogP contribution in [0, 0.1) is 6.92 Å². The highest BCUT2D eigenvalue weighted by molar-refractivity contribution is 7.99. The molecule has 1 aromatic carbocycles. The van der Waals surface area contributed by atoms with Crippen molar-refractivity contribution in [2.24, 2.45) is 0 Å². The van der Waals surface area contributed by atoms with Gasteiger partial charge in [-0.25, -0.2) is 15.0 Å². The monoisotopic (exact) mass is 299 g/mol. The lowest BCUT2D eigenvalue weighted by molar-refractivity contribution is 0.872. The summed E-state index contributed by atoms with van der Waals surface area (Å²) in [7, 11) is 1.88. The second-order valence-corrected chi connectivity index (χ2v) is 5.66. The highest BCUT2D eigenvalue weighted by Gasteiger charge is 2.12. The van der Waals surface area contributed by atoms with Crippen LogP contribution in [0.1, 0.15) is 18.3 Å². The average molecular weight is 299 g/mol. The van der Waals surface area contributed by atoms with Crippen molar-refractivity contribution in [2.75, 3.05) is 12.4 Å². The maximum absolute atomic E-state index is 4.62. The van der Waals surface area contributed by atoms with Crippen LogP contribution < -0.4 is 5.32 Å². The molecule has 0 saturated heterocycles. The number of aryl methyl sites for hydroxylation is 1. The van der Waals surface area contributed by atoms with Gasteiger partial charge >= 0.3 is 0 Å². The summed E-state index contributed by atoms with van der Waals surface area (Å²) in [5.41, 5.74) is 3.05. The van der Waals surface area contributed by atoms with Gasteiger partial charge in [0.1, 0.15) is 16.7 Å². The zero-order valence-electron chi connectivity index (χ0n) is 12.3. The molecule has 0 fully saturated rings. The van der Waals surface area contributed by atoms with Crippen molar-refractivity contribution in [1.82, 2.24) is 19.9 Å². The van der Waals surface area contributed by atoms with E-state index >= 15 is 0 Å². The van der Waals surface area contributed by atoms with Gasteiger partial charge in [-0.15, -0.1) is 0 Å². The van der Waals surface area contributed by atoms with E-state index in [0.29, 0.717) is 0 Å². The molecule has 5 nitrogen and oxygen atoms in total. The number of anilines is 1. The molecule has 2 N–H and O–H groups in total. The number of rotatable bonds is 4. The summed E-state index contributed by atoms with van der Waals surface area (Å²) < 4.78 is 0. The summed E-state index contributed by atoms with van der Waals surface area (Å²) in [6, 6.07) is 8.01. The van der Waals surface area contributed by atoms with Crippen molar-refractivity contribution in [2.45, 2.75) is 30.5 Å². The molecule has 0 unspecified atom stereocenters. The number of fused-ring (bicyclic) bond motifs is 1. The summed E-state index contributed by atoms with van der Waals surface area (Å²) >= 11 is 1.54. The van der Waals surface area contributed by atoms with Crippen LogP contribution in [-0.2, 0) is 6.42 Å². The number of benzene rings is 1. The lowest BCUT2D eigenvalue weighted by Gasteiger charge is -2.10. The van der Waals surface area contributed by atoms with Gasteiger partial charge in [-0.05, 0) is 30.8 Å². The fraction of sp³-hybridized carbons (Fsp3) is 0.267. The predicted octanol–water partition coefficient (Wildman–Crippen LogP) is 3.42. The van der Waals surface area contributed by atoms with Crippen molar-refractivity contribution in [3.05, 3.63) is 35.7 Å². The number of nitrogens with one attached hydrogen (secondary N) is 2. The fourth-order valence-corrected chi connectivity index (χ4v) is 3.00. The average Bonchev–Trinajstić information content (AvgIpc) is 2.91. The van der Waals surface area contributed by atoms with Crippen molar-refractivity contribution in [1.29, 1.82) is 0 Å².